The van der Waals surface area contributed by atoms with Crippen molar-refractivity contribution < 1.29 is 9.59 Å². The van der Waals surface area contributed by atoms with Gasteiger partial charge in [0.1, 0.15) is 0 Å². The number of hydrogen-bond donors (Lipinski definition) is 2. The van der Waals surface area contributed by atoms with Crippen molar-refractivity contribution in [3.05, 3.63) is 29.8 Å². The molecule has 0 aromatic heterocycles. The highest BCUT2D eigenvalue weighted by molar-refractivity contribution is 5.94. The van der Waals surface area contributed by atoms with Crippen molar-refractivity contribution in [3.63, 3.8) is 0 Å². The number of carbonyl (C=O) groups excluding carboxylic acids is 2. The molecule has 3 N–H and O–H groups in total. The monoisotopic (exact) mass is 343 g/mol. The summed E-state index contributed by atoms with van der Waals surface area (Å²) in [7, 11) is 0. The molecule has 1 aromatic carbocycles. The Morgan fingerprint density at radius 2 is 1.88 bits per heavy atom. The molecule has 134 valence electrons. The second-order valence-electron chi connectivity index (χ2n) is 6.75. The lowest BCUT2D eigenvalue weighted by molar-refractivity contribution is -0.119. The smallest absolute Gasteiger partial charge is 0.251 e. The van der Waals surface area contributed by atoms with Gasteiger partial charge in [0.2, 0.25) is 5.91 Å². The van der Waals surface area contributed by atoms with Crippen LogP contribution < -0.4 is 16.1 Å². The molecule has 0 unspecified atom stereocenters. The van der Waals surface area contributed by atoms with Crippen molar-refractivity contribution in [2.75, 3.05) is 31.2 Å². The number of hydrazone groups is 1. The van der Waals surface area contributed by atoms with Crippen LogP contribution in [-0.2, 0) is 4.79 Å². The van der Waals surface area contributed by atoms with Crippen LogP contribution in [0, 0.1) is 0 Å². The maximum atomic E-state index is 12.4. The Bertz CT molecular complexity index is 663. The molecule has 7 nitrogen and oxygen atoms in total. The molecule has 2 aliphatic heterocycles. The third kappa shape index (κ3) is 4.57. The average Bonchev–Trinajstić information content (AvgIpc) is 3.03. The molecule has 1 fully saturated rings. The van der Waals surface area contributed by atoms with Crippen LogP contribution in [0.2, 0.25) is 0 Å². The number of hydrogen-bond acceptors (Lipinski definition) is 5. The molecule has 3 rings (SSSR count). The summed E-state index contributed by atoms with van der Waals surface area (Å²) < 4.78 is 0. The van der Waals surface area contributed by atoms with E-state index in [0.717, 1.165) is 50.3 Å². The zero-order valence-corrected chi connectivity index (χ0v) is 14.6. The Labute approximate surface area is 147 Å². The first-order valence-electron chi connectivity index (χ1n) is 8.74. The maximum absolute atomic E-state index is 12.4. The zero-order chi connectivity index (χ0) is 17.8. The first-order chi connectivity index (χ1) is 12.0. The van der Waals surface area contributed by atoms with E-state index in [1.54, 1.807) is 0 Å². The van der Waals surface area contributed by atoms with Crippen LogP contribution in [0.1, 0.15) is 36.5 Å². The molecule has 1 saturated heterocycles. The third-order valence-electron chi connectivity index (χ3n) is 4.71. The van der Waals surface area contributed by atoms with E-state index < -0.39 is 0 Å². The Hall–Kier alpha value is -2.41. The number of piperidine rings is 1. The molecule has 2 aliphatic rings. The normalized spacial score (nSPS) is 18.9. The first-order valence-corrected chi connectivity index (χ1v) is 8.74. The lowest BCUT2D eigenvalue weighted by atomic mass is 10.0. The zero-order valence-electron chi connectivity index (χ0n) is 14.6. The van der Waals surface area contributed by atoms with E-state index in [2.05, 4.69) is 10.4 Å². The molecule has 25 heavy (non-hydrogen) atoms. The van der Waals surface area contributed by atoms with Crippen LogP contribution in [-0.4, -0.2) is 54.6 Å². The van der Waals surface area contributed by atoms with Crippen LogP contribution in [0.3, 0.4) is 0 Å². The fourth-order valence-electron chi connectivity index (χ4n) is 3.27. The fraction of sp³-hybridized carbons (Fsp3) is 0.500. The molecule has 0 atom stereocenters. The van der Waals surface area contributed by atoms with E-state index in [1.165, 1.54) is 0 Å². The lowest BCUT2D eigenvalue weighted by Crippen LogP contribution is -2.46. The van der Waals surface area contributed by atoms with Crippen LogP contribution in [0.5, 0.6) is 0 Å². The van der Waals surface area contributed by atoms with Gasteiger partial charge in [0.15, 0.2) is 0 Å². The molecular formula is C18H25N5O2. The summed E-state index contributed by atoms with van der Waals surface area (Å²) in [6.07, 6.45) is 2.65. The van der Waals surface area contributed by atoms with E-state index in [9.17, 15) is 9.59 Å². The largest absolute Gasteiger partial charge is 0.369 e. The summed E-state index contributed by atoms with van der Waals surface area (Å²) >= 11 is 0. The second-order valence-corrected chi connectivity index (χ2v) is 6.75. The van der Waals surface area contributed by atoms with Gasteiger partial charge in [-0.2, -0.15) is 5.10 Å². The van der Waals surface area contributed by atoms with E-state index in [4.69, 9.17) is 5.73 Å². The third-order valence-corrected chi connectivity index (χ3v) is 4.71. The van der Waals surface area contributed by atoms with Crippen molar-refractivity contribution in [3.8, 4) is 0 Å². The van der Waals surface area contributed by atoms with Gasteiger partial charge in [-0.05, 0) is 44.0 Å². The van der Waals surface area contributed by atoms with Crippen molar-refractivity contribution in [1.82, 2.24) is 10.2 Å². The van der Waals surface area contributed by atoms with Gasteiger partial charge in [0.25, 0.3) is 5.91 Å². The maximum Gasteiger partial charge on any atom is 0.251 e. The van der Waals surface area contributed by atoms with Crippen LogP contribution in [0.25, 0.3) is 0 Å². The highest BCUT2D eigenvalue weighted by Crippen LogP contribution is 2.20. The number of nitrogens with two attached hydrogens (primary N) is 1. The van der Waals surface area contributed by atoms with E-state index in [0.29, 0.717) is 12.1 Å². The molecule has 0 spiro atoms. The Kier molecular flexibility index (Phi) is 5.33. The summed E-state index contributed by atoms with van der Waals surface area (Å²) in [5.74, 6) is -0.360. The number of rotatable bonds is 5. The van der Waals surface area contributed by atoms with Crippen molar-refractivity contribution >= 4 is 23.2 Å². The Morgan fingerprint density at radius 1 is 1.20 bits per heavy atom. The summed E-state index contributed by atoms with van der Waals surface area (Å²) in [6, 6.07) is 7.70. The molecule has 0 saturated carbocycles. The predicted molar refractivity (Wildman–Crippen MR) is 97.6 cm³/mol. The number of likely N-dealkylation sites (tertiary alicyclic amines) is 1. The quantitative estimate of drug-likeness (QED) is 0.833. The minimum Gasteiger partial charge on any atom is -0.369 e. The van der Waals surface area contributed by atoms with Gasteiger partial charge < -0.3 is 11.1 Å². The number of nitrogens with zero attached hydrogens (tertiary/aromatic N) is 3. The highest BCUT2D eigenvalue weighted by atomic mass is 16.2. The number of primary amides is 1. The second kappa shape index (κ2) is 7.65. The molecular weight excluding hydrogens is 318 g/mol. The number of anilines is 1. The van der Waals surface area contributed by atoms with E-state index in [-0.39, 0.29) is 17.9 Å². The van der Waals surface area contributed by atoms with Gasteiger partial charge in [0.05, 0.1) is 12.2 Å². The SMILES string of the molecule is CC1=NN(c2ccc(C(=O)NC3CCN(CC(N)=O)CC3)cc2)CC1. The molecule has 0 radical (unpaired) electrons. The van der Waals surface area contributed by atoms with Gasteiger partial charge in [-0.3, -0.25) is 19.5 Å². The molecule has 7 heteroatoms. The molecule has 2 heterocycles. The van der Waals surface area contributed by atoms with Crippen LogP contribution in [0.15, 0.2) is 29.4 Å². The lowest BCUT2D eigenvalue weighted by Gasteiger charge is -2.31. The molecule has 0 bridgehead atoms. The average molecular weight is 343 g/mol. The predicted octanol–water partition coefficient (Wildman–Crippen LogP) is 0.952. The number of carbonyl (C=O) groups is 2. The summed E-state index contributed by atoms with van der Waals surface area (Å²) in [5, 5.41) is 9.51. The van der Waals surface area contributed by atoms with Gasteiger partial charge >= 0.3 is 0 Å². The van der Waals surface area contributed by atoms with Crippen LogP contribution in [0.4, 0.5) is 5.69 Å². The number of amides is 2. The van der Waals surface area contributed by atoms with Crippen molar-refractivity contribution in [2.45, 2.75) is 32.2 Å². The highest BCUT2D eigenvalue weighted by Gasteiger charge is 2.22. The first kappa shape index (κ1) is 17.4. The molecule has 1 aromatic rings. The Balaban J connectivity index is 1.51. The fourth-order valence-corrected chi connectivity index (χ4v) is 3.27. The minimum absolute atomic E-state index is 0.0546. The molecule has 0 aliphatic carbocycles. The Morgan fingerprint density at radius 3 is 2.44 bits per heavy atom. The standard InChI is InChI=1S/C18H25N5O2/c1-13-6-11-23(21-13)16-4-2-14(3-5-16)18(25)20-15-7-9-22(10-8-15)12-17(19)24/h2-5,15H,6-12H2,1H3,(H2,19,24)(H,20,25). The molecule has 2 amide bonds. The van der Waals surface area contributed by atoms with Gasteiger partial charge in [-0.15, -0.1) is 0 Å². The van der Waals surface area contributed by atoms with Gasteiger partial charge in [-0.25, -0.2) is 0 Å². The van der Waals surface area contributed by atoms with Gasteiger partial charge in [-0.1, -0.05) is 0 Å². The summed E-state index contributed by atoms with van der Waals surface area (Å²) in [6.45, 7) is 4.76. The summed E-state index contributed by atoms with van der Waals surface area (Å²) in [4.78, 5) is 25.4. The van der Waals surface area contributed by atoms with E-state index >= 15 is 0 Å². The minimum atomic E-state index is -0.305. The van der Waals surface area contributed by atoms with Crippen LogP contribution >= 0.6 is 0 Å². The van der Waals surface area contributed by atoms with Crippen molar-refractivity contribution in [2.24, 2.45) is 10.8 Å². The van der Waals surface area contributed by atoms with Gasteiger partial charge in [0, 0.05) is 43.4 Å². The van der Waals surface area contributed by atoms with Crippen molar-refractivity contribution in [1.29, 1.82) is 0 Å². The van der Waals surface area contributed by atoms with E-state index in [1.807, 2.05) is 41.1 Å². The topological polar surface area (TPSA) is 91.0 Å². The number of nitrogens with one attached hydrogen (secondary N) is 1. The summed E-state index contributed by atoms with van der Waals surface area (Å²) in [5.41, 5.74) is 8.01. The number of benzene rings is 1.